The lowest BCUT2D eigenvalue weighted by atomic mass is 10.1. The second kappa shape index (κ2) is 4.85. The van der Waals surface area contributed by atoms with E-state index in [0.29, 0.717) is 5.37 Å². The molecule has 1 aromatic carbocycles. The predicted octanol–water partition coefficient (Wildman–Crippen LogP) is 2.67. The molecule has 1 saturated heterocycles. The van der Waals surface area contributed by atoms with Crippen LogP contribution in [-0.2, 0) is 6.42 Å². The van der Waals surface area contributed by atoms with Crippen molar-refractivity contribution in [3.63, 3.8) is 0 Å². The molecule has 2 rings (SSSR count). The zero-order chi connectivity index (χ0) is 9.80. The first-order valence-corrected chi connectivity index (χ1v) is 6.21. The largest absolute Gasteiger partial charge is 0.304 e. The highest BCUT2D eigenvalue weighted by atomic mass is 32.2. The average molecular weight is 207 g/mol. The van der Waals surface area contributed by atoms with Gasteiger partial charge in [0.1, 0.15) is 0 Å². The molecular weight excluding hydrogens is 190 g/mol. The number of aryl methyl sites for hydroxylation is 1. The molecule has 0 saturated carbocycles. The quantitative estimate of drug-likeness (QED) is 0.818. The molecule has 14 heavy (non-hydrogen) atoms. The van der Waals surface area contributed by atoms with Crippen LogP contribution in [0.15, 0.2) is 30.3 Å². The second-order valence-corrected chi connectivity index (χ2v) is 5.51. The van der Waals surface area contributed by atoms with Gasteiger partial charge in [-0.1, -0.05) is 37.3 Å². The lowest BCUT2D eigenvalue weighted by Gasteiger charge is -2.08. The van der Waals surface area contributed by atoms with Crippen LogP contribution in [0.3, 0.4) is 0 Å². The van der Waals surface area contributed by atoms with Gasteiger partial charge in [-0.05, 0) is 18.4 Å². The molecule has 1 aliphatic heterocycles. The summed E-state index contributed by atoms with van der Waals surface area (Å²) in [7, 11) is 0. The Bertz CT molecular complexity index is 273. The summed E-state index contributed by atoms with van der Waals surface area (Å²) in [5.74, 6) is 0. The number of hydrogen-bond donors (Lipinski definition) is 1. The molecule has 1 nitrogen and oxygen atoms in total. The predicted molar refractivity (Wildman–Crippen MR) is 63.6 cm³/mol. The molecule has 1 fully saturated rings. The van der Waals surface area contributed by atoms with Crippen molar-refractivity contribution in [1.82, 2.24) is 5.32 Å². The van der Waals surface area contributed by atoms with Gasteiger partial charge in [-0.3, -0.25) is 0 Å². The van der Waals surface area contributed by atoms with Crippen LogP contribution in [0.25, 0.3) is 0 Å². The Balaban J connectivity index is 1.78. The fourth-order valence-electron chi connectivity index (χ4n) is 1.79. The van der Waals surface area contributed by atoms with E-state index in [1.165, 1.54) is 24.9 Å². The third-order valence-electron chi connectivity index (χ3n) is 2.57. The molecule has 1 N–H and O–H groups in total. The Morgan fingerprint density at radius 1 is 1.36 bits per heavy atom. The molecule has 0 amide bonds. The minimum absolute atomic E-state index is 0.671. The zero-order valence-corrected chi connectivity index (χ0v) is 9.39. The molecule has 2 unspecified atom stereocenters. The molecule has 2 heteroatoms. The van der Waals surface area contributed by atoms with Crippen LogP contribution < -0.4 is 5.32 Å². The van der Waals surface area contributed by atoms with Crippen molar-refractivity contribution in [1.29, 1.82) is 0 Å². The fraction of sp³-hybridized carbons (Fsp3) is 0.500. The molecule has 76 valence electrons. The summed E-state index contributed by atoms with van der Waals surface area (Å²) in [5.41, 5.74) is 1.45. The zero-order valence-electron chi connectivity index (χ0n) is 8.57. The van der Waals surface area contributed by atoms with Gasteiger partial charge in [-0.15, -0.1) is 11.8 Å². The van der Waals surface area contributed by atoms with Gasteiger partial charge in [0.15, 0.2) is 0 Å². The van der Waals surface area contributed by atoms with Crippen LogP contribution >= 0.6 is 11.8 Å². The van der Waals surface area contributed by atoms with Gasteiger partial charge in [0.2, 0.25) is 0 Å². The van der Waals surface area contributed by atoms with E-state index in [9.17, 15) is 0 Å². The Kier molecular flexibility index (Phi) is 3.49. The van der Waals surface area contributed by atoms with Crippen molar-refractivity contribution in [2.24, 2.45) is 0 Å². The highest BCUT2D eigenvalue weighted by molar-refractivity contribution is 8.00. The summed E-state index contributed by atoms with van der Waals surface area (Å²) in [6.07, 6.45) is 2.44. The summed E-state index contributed by atoms with van der Waals surface area (Å²) in [5, 5.41) is 5.00. The van der Waals surface area contributed by atoms with Gasteiger partial charge in [0, 0.05) is 11.8 Å². The summed E-state index contributed by atoms with van der Waals surface area (Å²) in [6, 6.07) is 10.7. The van der Waals surface area contributed by atoms with Crippen molar-refractivity contribution in [3.05, 3.63) is 35.9 Å². The van der Waals surface area contributed by atoms with E-state index in [1.807, 2.05) is 0 Å². The summed E-state index contributed by atoms with van der Waals surface area (Å²) in [4.78, 5) is 0. The molecule has 2 atom stereocenters. The van der Waals surface area contributed by atoms with Crippen molar-refractivity contribution in [3.8, 4) is 0 Å². The van der Waals surface area contributed by atoms with Gasteiger partial charge in [-0.25, -0.2) is 0 Å². The minimum atomic E-state index is 0.671. The second-order valence-electron chi connectivity index (χ2n) is 3.87. The van der Waals surface area contributed by atoms with E-state index in [2.05, 4.69) is 54.3 Å². The number of benzene rings is 1. The SMILES string of the molecule is CC1CNC(CCc2ccccc2)S1. The number of thioether (sulfide) groups is 1. The maximum Gasteiger partial charge on any atom is 0.0538 e. The number of nitrogens with one attached hydrogen (secondary N) is 1. The molecule has 0 radical (unpaired) electrons. The Morgan fingerprint density at radius 2 is 2.14 bits per heavy atom. The van der Waals surface area contributed by atoms with E-state index in [0.717, 1.165) is 5.25 Å². The van der Waals surface area contributed by atoms with Crippen LogP contribution in [0.1, 0.15) is 18.9 Å². The summed E-state index contributed by atoms with van der Waals surface area (Å²) in [6.45, 7) is 3.46. The molecular formula is C12H17NS. The fourth-order valence-corrected chi connectivity index (χ4v) is 2.99. The molecule has 0 aliphatic carbocycles. The first kappa shape index (κ1) is 10.1. The molecule has 0 spiro atoms. The average Bonchev–Trinajstić information content (AvgIpc) is 2.63. The van der Waals surface area contributed by atoms with Gasteiger partial charge >= 0.3 is 0 Å². The first-order valence-electron chi connectivity index (χ1n) is 5.27. The third-order valence-corrected chi connectivity index (χ3v) is 3.93. The van der Waals surface area contributed by atoms with Gasteiger partial charge in [0.25, 0.3) is 0 Å². The van der Waals surface area contributed by atoms with Crippen molar-refractivity contribution in [2.75, 3.05) is 6.54 Å². The van der Waals surface area contributed by atoms with Crippen LogP contribution in [0.5, 0.6) is 0 Å². The van der Waals surface area contributed by atoms with Crippen LogP contribution in [0, 0.1) is 0 Å². The molecule has 1 aromatic rings. The normalized spacial score (nSPS) is 26.6. The van der Waals surface area contributed by atoms with E-state index in [-0.39, 0.29) is 0 Å². The first-order chi connectivity index (χ1) is 6.84. The topological polar surface area (TPSA) is 12.0 Å². The van der Waals surface area contributed by atoms with E-state index in [1.54, 1.807) is 0 Å². The molecule has 1 heterocycles. The highest BCUT2D eigenvalue weighted by Gasteiger charge is 2.20. The Labute approximate surface area is 90.3 Å². The third kappa shape index (κ3) is 2.76. The van der Waals surface area contributed by atoms with Crippen LogP contribution in [0.2, 0.25) is 0 Å². The lowest BCUT2D eigenvalue weighted by molar-refractivity contribution is 0.644. The van der Waals surface area contributed by atoms with Crippen molar-refractivity contribution in [2.45, 2.75) is 30.4 Å². The van der Waals surface area contributed by atoms with Crippen molar-refractivity contribution >= 4 is 11.8 Å². The standard InChI is InChI=1S/C12H17NS/c1-10-9-13-12(14-10)8-7-11-5-3-2-4-6-11/h2-6,10,12-13H,7-9H2,1H3. The monoisotopic (exact) mass is 207 g/mol. The smallest absolute Gasteiger partial charge is 0.0538 e. The van der Waals surface area contributed by atoms with E-state index < -0.39 is 0 Å². The Morgan fingerprint density at radius 3 is 2.79 bits per heavy atom. The lowest BCUT2D eigenvalue weighted by Crippen LogP contribution is -2.20. The Hall–Kier alpha value is -0.470. The summed E-state index contributed by atoms with van der Waals surface area (Å²) < 4.78 is 0. The van der Waals surface area contributed by atoms with E-state index in [4.69, 9.17) is 0 Å². The van der Waals surface area contributed by atoms with Gasteiger partial charge in [0.05, 0.1) is 5.37 Å². The maximum absolute atomic E-state index is 3.54. The number of rotatable bonds is 3. The molecule has 1 aliphatic rings. The maximum atomic E-state index is 3.54. The van der Waals surface area contributed by atoms with Crippen molar-refractivity contribution < 1.29 is 0 Å². The van der Waals surface area contributed by atoms with Gasteiger partial charge < -0.3 is 5.32 Å². The highest BCUT2D eigenvalue weighted by Crippen LogP contribution is 2.25. The van der Waals surface area contributed by atoms with Crippen LogP contribution in [-0.4, -0.2) is 17.2 Å². The molecule has 0 aromatic heterocycles. The summed E-state index contributed by atoms with van der Waals surface area (Å²) >= 11 is 2.07. The van der Waals surface area contributed by atoms with E-state index >= 15 is 0 Å². The molecule has 0 bridgehead atoms. The minimum Gasteiger partial charge on any atom is -0.304 e. The van der Waals surface area contributed by atoms with Gasteiger partial charge in [-0.2, -0.15) is 0 Å². The number of hydrogen-bond acceptors (Lipinski definition) is 2. The van der Waals surface area contributed by atoms with Crippen LogP contribution in [0.4, 0.5) is 0 Å².